The number of alkyl halides is 1. The highest BCUT2D eigenvalue weighted by Gasteiger charge is 2.34. The number of carbonyl (C=O) groups is 1. The van der Waals surface area contributed by atoms with Gasteiger partial charge in [0.15, 0.2) is 5.96 Å². The number of hydrogen-bond donors (Lipinski definition) is 5. The van der Waals surface area contributed by atoms with Crippen molar-refractivity contribution >= 4 is 23.5 Å². The summed E-state index contributed by atoms with van der Waals surface area (Å²) in [5.41, 5.74) is 9.54. The summed E-state index contributed by atoms with van der Waals surface area (Å²) < 4.78 is 0. The van der Waals surface area contributed by atoms with Crippen molar-refractivity contribution in [1.29, 1.82) is 0 Å². The third kappa shape index (κ3) is 6.03. The average Bonchev–Trinajstić information content (AvgIpc) is 3.29. The molecule has 2 saturated heterocycles. The number of hydroxylamine groups is 1. The van der Waals surface area contributed by atoms with E-state index >= 15 is 0 Å². The molecule has 0 radical (unpaired) electrons. The Morgan fingerprint density at radius 1 is 1.25 bits per heavy atom. The molecular formula is C19H35ClN6O2. The molecular weight excluding hydrogens is 380 g/mol. The van der Waals surface area contributed by atoms with Crippen LogP contribution in [0.5, 0.6) is 0 Å². The first-order valence-electron chi connectivity index (χ1n) is 10.6. The van der Waals surface area contributed by atoms with E-state index in [1.165, 1.54) is 0 Å². The highest BCUT2D eigenvalue weighted by molar-refractivity contribution is 6.20. The number of halogens is 1. The number of guanidine groups is 1. The topological polar surface area (TPSA) is 98.8 Å². The molecule has 160 valence electrons. The van der Waals surface area contributed by atoms with Crippen molar-refractivity contribution in [1.82, 2.24) is 27.0 Å². The Bertz CT molecular complexity index is 553. The lowest BCUT2D eigenvalue weighted by Gasteiger charge is -2.29. The van der Waals surface area contributed by atoms with Gasteiger partial charge in [-0.2, -0.15) is 0 Å². The minimum absolute atomic E-state index is 0.0281. The van der Waals surface area contributed by atoms with Crippen molar-refractivity contribution in [3.8, 4) is 0 Å². The predicted octanol–water partition coefficient (Wildman–Crippen LogP) is 1.23. The van der Waals surface area contributed by atoms with Crippen LogP contribution in [0.4, 0.5) is 0 Å². The van der Waals surface area contributed by atoms with Crippen LogP contribution in [-0.4, -0.2) is 48.6 Å². The highest BCUT2D eigenvalue weighted by atomic mass is 35.5. The molecule has 3 fully saturated rings. The molecule has 3 rings (SSSR count). The first-order valence-corrected chi connectivity index (χ1v) is 11.0. The Hall–Kier alpha value is -0.930. The molecule has 2 heterocycles. The highest BCUT2D eigenvalue weighted by Crippen LogP contribution is 2.31. The third-order valence-electron chi connectivity index (χ3n) is 5.85. The number of hydrazine groups is 1. The maximum absolute atomic E-state index is 12.6. The van der Waals surface area contributed by atoms with E-state index in [0.717, 1.165) is 32.1 Å². The lowest BCUT2D eigenvalue weighted by molar-refractivity contribution is -0.124. The minimum Gasteiger partial charge on any atom is -0.339 e. The number of amides is 1. The first kappa shape index (κ1) is 21.8. The Morgan fingerprint density at radius 2 is 2.00 bits per heavy atom. The van der Waals surface area contributed by atoms with E-state index in [9.17, 15) is 4.79 Å². The van der Waals surface area contributed by atoms with E-state index in [1.54, 1.807) is 0 Å². The Balaban J connectivity index is 1.54. The summed E-state index contributed by atoms with van der Waals surface area (Å²) in [5, 5.41) is 6.68. The summed E-state index contributed by atoms with van der Waals surface area (Å²) in [6.45, 7) is 7.28. The number of aliphatic imine (C=N–C) groups is 1. The molecule has 0 aromatic heterocycles. The van der Waals surface area contributed by atoms with Gasteiger partial charge in [0.1, 0.15) is 0 Å². The number of nitrogens with zero attached hydrogens (tertiary/aromatic N) is 1. The van der Waals surface area contributed by atoms with Gasteiger partial charge in [-0.25, -0.2) is 10.9 Å². The van der Waals surface area contributed by atoms with E-state index in [2.05, 4.69) is 45.8 Å². The van der Waals surface area contributed by atoms with E-state index in [-0.39, 0.29) is 24.1 Å². The fourth-order valence-electron chi connectivity index (χ4n) is 4.06. The molecule has 0 spiro atoms. The quantitative estimate of drug-likeness (QED) is 0.264. The summed E-state index contributed by atoms with van der Waals surface area (Å²) >= 11 is 6.24. The van der Waals surface area contributed by atoms with E-state index in [1.807, 2.05) is 6.92 Å². The zero-order chi connectivity index (χ0) is 20.1. The van der Waals surface area contributed by atoms with Gasteiger partial charge in [-0.15, -0.1) is 11.6 Å². The lowest BCUT2D eigenvalue weighted by Crippen LogP contribution is -2.52. The number of carbonyl (C=O) groups excluding carboxylic acids is 1. The molecule has 4 unspecified atom stereocenters. The molecule has 1 amide bonds. The van der Waals surface area contributed by atoms with Crippen LogP contribution in [0.3, 0.4) is 0 Å². The third-order valence-corrected chi connectivity index (χ3v) is 6.28. The van der Waals surface area contributed by atoms with Crippen LogP contribution in [0, 0.1) is 17.8 Å². The fraction of sp³-hybridized carbons (Fsp3) is 0.895. The van der Waals surface area contributed by atoms with Gasteiger partial charge in [0.25, 0.3) is 0 Å². The second kappa shape index (κ2) is 10.2. The van der Waals surface area contributed by atoms with Crippen molar-refractivity contribution < 1.29 is 9.63 Å². The number of nitrogens with one attached hydrogen (secondary N) is 5. The van der Waals surface area contributed by atoms with Crippen LogP contribution in [-0.2, 0) is 9.63 Å². The van der Waals surface area contributed by atoms with Gasteiger partial charge in [0, 0.05) is 24.5 Å². The molecule has 1 saturated carbocycles. The summed E-state index contributed by atoms with van der Waals surface area (Å²) in [6, 6.07) is 0.413. The smallest absolute Gasteiger partial charge is 0.233 e. The molecule has 2 aliphatic heterocycles. The van der Waals surface area contributed by atoms with E-state index < -0.39 is 0 Å². The lowest BCUT2D eigenvalue weighted by atomic mass is 9.83. The fourth-order valence-corrected chi connectivity index (χ4v) is 4.31. The van der Waals surface area contributed by atoms with Crippen LogP contribution in [0.2, 0.25) is 0 Å². The number of rotatable bonds is 5. The average molecular weight is 415 g/mol. The van der Waals surface area contributed by atoms with Crippen LogP contribution in [0.25, 0.3) is 0 Å². The van der Waals surface area contributed by atoms with Crippen LogP contribution < -0.4 is 27.0 Å². The molecule has 28 heavy (non-hydrogen) atoms. The second-order valence-corrected chi connectivity index (χ2v) is 9.31. The summed E-state index contributed by atoms with van der Waals surface area (Å²) in [4.78, 5) is 22.5. The number of hydrogen-bond acceptors (Lipinski definition) is 6. The molecule has 4 atom stereocenters. The van der Waals surface area contributed by atoms with Crippen LogP contribution >= 0.6 is 11.6 Å². The van der Waals surface area contributed by atoms with Gasteiger partial charge >= 0.3 is 0 Å². The normalized spacial score (nSPS) is 36.7. The van der Waals surface area contributed by atoms with Crippen LogP contribution in [0.1, 0.15) is 52.9 Å². The minimum atomic E-state index is -0.223. The van der Waals surface area contributed by atoms with Crippen molar-refractivity contribution in [2.45, 2.75) is 76.6 Å². The predicted molar refractivity (Wildman–Crippen MR) is 111 cm³/mol. The Kier molecular flexibility index (Phi) is 7.93. The molecule has 9 heteroatoms. The maximum atomic E-state index is 12.6. The zero-order valence-electron chi connectivity index (χ0n) is 17.1. The monoisotopic (exact) mass is 414 g/mol. The van der Waals surface area contributed by atoms with Gasteiger partial charge in [0.2, 0.25) is 5.91 Å². The van der Waals surface area contributed by atoms with Gasteiger partial charge in [0.05, 0.1) is 18.2 Å². The molecule has 0 aromatic rings. The molecule has 1 aliphatic carbocycles. The van der Waals surface area contributed by atoms with Gasteiger partial charge in [-0.05, 0) is 50.9 Å². The van der Waals surface area contributed by atoms with Crippen molar-refractivity contribution in [2.24, 2.45) is 22.7 Å². The van der Waals surface area contributed by atoms with Gasteiger partial charge < -0.3 is 5.32 Å². The van der Waals surface area contributed by atoms with Crippen molar-refractivity contribution in [2.75, 3.05) is 13.1 Å². The second-order valence-electron chi connectivity index (χ2n) is 8.69. The first-order chi connectivity index (χ1) is 13.4. The molecule has 8 nitrogen and oxygen atoms in total. The standard InChI is InChI=1S/C19H35ClN6O2/c1-11(2)9-21-19(24-18(27)15-10-22-28-12(15)3)23-17-8-16(25-26-17)13-4-6-14(20)7-5-13/h11-17,22,25-26H,4-10H2,1-3H3,(H2,21,23,24,27). The summed E-state index contributed by atoms with van der Waals surface area (Å²) in [7, 11) is 0. The maximum Gasteiger partial charge on any atom is 0.233 e. The molecule has 0 aromatic carbocycles. The Morgan fingerprint density at radius 3 is 2.64 bits per heavy atom. The summed E-state index contributed by atoms with van der Waals surface area (Å²) in [5.74, 6) is 1.29. The molecule has 0 bridgehead atoms. The van der Waals surface area contributed by atoms with E-state index in [0.29, 0.717) is 42.3 Å². The van der Waals surface area contributed by atoms with Crippen molar-refractivity contribution in [3.63, 3.8) is 0 Å². The van der Waals surface area contributed by atoms with Gasteiger partial charge in [-0.3, -0.25) is 25.4 Å². The SMILES string of the molecule is CC(C)CN=C(NC(=O)C1CNOC1C)NC1CC(C2CCC(Cl)CC2)NN1. The summed E-state index contributed by atoms with van der Waals surface area (Å²) in [6.07, 6.45) is 5.33. The zero-order valence-corrected chi connectivity index (χ0v) is 17.9. The van der Waals surface area contributed by atoms with Crippen LogP contribution in [0.15, 0.2) is 4.99 Å². The molecule has 5 N–H and O–H groups in total. The largest absolute Gasteiger partial charge is 0.339 e. The Labute approximate surface area is 172 Å². The van der Waals surface area contributed by atoms with Gasteiger partial charge in [-0.1, -0.05) is 13.8 Å². The molecule has 3 aliphatic rings. The van der Waals surface area contributed by atoms with E-state index in [4.69, 9.17) is 16.4 Å². The van der Waals surface area contributed by atoms with Crippen molar-refractivity contribution in [3.05, 3.63) is 0 Å².